The molecule has 0 amide bonds. The van der Waals surface area contributed by atoms with Gasteiger partial charge in [0, 0.05) is 47.2 Å². The van der Waals surface area contributed by atoms with Crippen LogP contribution >= 0.6 is 23.4 Å². The number of piperidine rings is 1. The van der Waals surface area contributed by atoms with Crippen LogP contribution in [0.15, 0.2) is 52.9 Å². The summed E-state index contributed by atoms with van der Waals surface area (Å²) in [6, 6.07) is 8.39. The molecule has 1 aromatic carbocycles. The monoisotopic (exact) mass is 498 g/mol. The fourth-order valence-corrected chi connectivity index (χ4v) is 5.96. The summed E-state index contributed by atoms with van der Waals surface area (Å²) in [6.45, 7) is 8.94. The molecule has 2 atom stereocenters. The molecule has 5 rings (SSSR count). The lowest BCUT2D eigenvalue weighted by Crippen LogP contribution is -2.50. The van der Waals surface area contributed by atoms with Gasteiger partial charge in [0.15, 0.2) is 5.16 Å². The van der Waals surface area contributed by atoms with Crippen molar-refractivity contribution in [2.45, 2.75) is 61.9 Å². The Morgan fingerprint density at radius 2 is 1.91 bits per heavy atom. The minimum atomic E-state index is 0.110. The minimum absolute atomic E-state index is 0.110. The molecule has 0 unspecified atom stereocenters. The lowest BCUT2D eigenvalue weighted by Gasteiger charge is -2.41. The van der Waals surface area contributed by atoms with Crippen molar-refractivity contribution in [2.24, 2.45) is 11.1 Å². The van der Waals surface area contributed by atoms with E-state index in [9.17, 15) is 0 Å². The summed E-state index contributed by atoms with van der Waals surface area (Å²) in [6.07, 6.45) is 8.00. The highest BCUT2D eigenvalue weighted by Crippen LogP contribution is 2.42. The second-order valence-electron chi connectivity index (χ2n) is 9.61. The number of nitrogens with two attached hydrogens (primary N) is 1. The molecule has 2 aromatic heterocycles. The van der Waals surface area contributed by atoms with Crippen LogP contribution in [0, 0.1) is 5.41 Å². The van der Waals surface area contributed by atoms with E-state index in [0.29, 0.717) is 16.2 Å². The van der Waals surface area contributed by atoms with E-state index in [4.69, 9.17) is 22.1 Å². The van der Waals surface area contributed by atoms with E-state index in [0.717, 1.165) is 54.4 Å². The third-order valence-corrected chi connectivity index (χ3v) is 8.64. The van der Waals surface area contributed by atoms with Crippen LogP contribution in [-0.4, -0.2) is 51.6 Å². The Hall–Kier alpha value is -2.13. The van der Waals surface area contributed by atoms with Crippen LogP contribution < -0.4 is 10.6 Å². The van der Waals surface area contributed by atoms with Crippen molar-refractivity contribution in [1.82, 2.24) is 19.7 Å². The van der Waals surface area contributed by atoms with Crippen LogP contribution in [0.2, 0.25) is 5.02 Å². The van der Waals surface area contributed by atoms with Gasteiger partial charge in [-0.15, -0.1) is 0 Å². The number of benzene rings is 1. The molecule has 180 valence electrons. The maximum atomic E-state index is 6.76. The van der Waals surface area contributed by atoms with Gasteiger partial charge in [0.05, 0.1) is 41.5 Å². The molecule has 2 saturated heterocycles. The number of hydrogen-bond acceptors (Lipinski definition) is 7. The predicted molar refractivity (Wildman–Crippen MR) is 136 cm³/mol. The molecule has 0 radical (unpaired) electrons. The first-order chi connectivity index (χ1) is 16.4. The van der Waals surface area contributed by atoms with Crippen molar-refractivity contribution < 1.29 is 4.74 Å². The number of nitrogens with zero attached hydrogens (tertiary/aromatic N) is 5. The van der Waals surface area contributed by atoms with E-state index in [2.05, 4.69) is 40.7 Å². The highest BCUT2D eigenvalue weighted by atomic mass is 35.5. The normalized spacial score (nSPS) is 22.1. The van der Waals surface area contributed by atoms with Gasteiger partial charge in [-0.25, -0.2) is 9.97 Å². The van der Waals surface area contributed by atoms with Gasteiger partial charge in [-0.3, -0.25) is 4.68 Å². The molecular weight excluding hydrogens is 468 g/mol. The fourth-order valence-electron chi connectivity index (χ4n) is 4.86. The highest BCUT2D eigenvalue weighted by molar-refractivity contribution is 7.99. The van der Waals surface area contributed by atoms with E-state index in [1.54, 1.807) is 0 Å². The van der Waals surface area contributed by atoms with E-state index < -0.39 is 0 Å². The van der Waals surface area contributed by atoms with Crippen molar-refractivity contribution >= 4 is 29.1 Å². The van der Waals surface area contributed by atoms with Crippen molar-refractivity contribution in [3.05, 3.63) is 47.9 Å². The Labute approximate surface area is 210 Å². The van der Waals surface area contributed by atoms with E-state index in [1.165, 1.54) is 11.8 Å². The Balaban J connectivity index is 1.26. The van der Waals surface area contributed by atoms with Gasteiger partial charge < -0.3 is 15.4 Å². The predicted octanol–water partition coefficient (Wildman–Crippen LogP) is 5.06. The second-order valence-corrected chi connectivity index (χ2v) is 11.0. The third-order valence-electron chi connectivity index (χ3n) is 7.16. The lowest BCUT2D eigenvalue weighted by molar-refractivity contribution is 0.0974. The Morgan fingerprint density at radius 3 is 2.53 bits per heavy atom. The molecule has 9 heteroatoms. The molecule has 2 N–H and O–H groups in total. The molecule has 2 aliphatic rings. The molecule has 34 heavy (non-hydrogen) atoms. The number of anilines is 1. The lowest BCUT2D eigenvalue weighted by atomic mass is 9.73. The smallest absolute Gasteiger partial charge is 0.192 e. The average molecular weight is 499 g/mol. The minimum Gasteiger partial charge on any atom is -0.376 e. The van der Waals surface area contributed by atoms with Crippen LogP contribution in [0.3, 0.4) is 0 Å². The molecule has 0 bridgehead atoms. The molecular formula is C25H31ClN6OS. The van der Waals surface area contributed by atoms with Crippen molar-refractivity contribution in [2.75, 3.05) is 24.6 Å². The summed E-state index contributed by atoms with van der Waals surface area (Å²) in [5, 5.41) is 5.99. The zero-order valence-corrected chi connectivity index (χ0v) is 21.4. The summed E-state index contributed by atoms with van der Waals surface area (Å²) >= 11 is 8.23. The molecule has 0 saturated carbocycles. The molecule has 1 spiro atoms. The first kappa shape index (κ1) is 23.6. The number of halogens is 1. The topological polar surface area (TPSA) is 82.1 Å². The number of rotatable bonds is 5. The Morgan fingerprint density at radius 1 is 1.18 bits per heavy atom. The van der Waals surface area contributed by atoms with Crippen LogP contribution in [0.5, 0.6) is 0 Å². The summed E-state index contributed by atoms with van der Waals surface area (Å²) in [5.41, 5.74) is 9.38. The summed E-state index contributed by atoms with van der Waals surface area (Å²) in [7, 11) is 0. The van der Waals surface area contributed by atoms with Crippen LogP contribution in [0.4, 0.5) is 5.69 Å². The third kappa shape index (κ3) is 4.44. The standard InChI is InChI=1S/C25H31ClN6OS/c1-16(2)32-10-7-20(30-32)19-5-4-6-21(22(19)26)34-24-28-13-18(14-29-24)31-11-8-25(9-12-31)15-33-17(3)23(25)27/h4-7,10,13-14,16-17,23H,8-9,11-12,15,27H2,1-3H3/t17-,23-/m0/s1. The maximum Gasteiger partial charge on any atom is 0.192 e. The van der Waals surface area contributed by atoms with Crippen LogP contribution in [-0.2, 0) is 4.74 Å². The summed E-state index contributed by atoms with van der Waals surface area (Å²) in [5.74, 6) is 0. The van der Waals surface area contributed by atoms with Gasteiger partial charge in [0.25, 0.3) is 0 Å². The van der Waals surface area contributed by atoms with Crippen molar-refractivity contribution in [3.63, 3.8) is 0 Å². The quantitative estimate of drug-likeness (QED) is 0.492. The average Bonchev–Trinajstić information content (AvgIpc) is 3.44. The summed E-state index contributed by atoms with van der Waals surface area (Å²) < 4.78 is 7.78. The second kappa shape index (κ2) is 9.49. The van der Waals surface area contributed by atoms with Gasteiger partial charge in [0.2, 0.25) is 0 Å². The largest absolute Gasteiger partial charge is 0.376 e. The Kier molecular flexibility index (Phi) is 6.59. The molecule has 2 fully saturated rings. The first-order valence-corrected chi connectivity index (χ1v) is 13.0. The van der Waals surface area contributed by atoms with Gasteiger partial charge in [-0.05, 0) is 57.5 Å². The highest BCUT2D eigenvalue weighted by Gasteiger charge is 2.47. The molecule has 3 aromatic rings. The van der Waals surface area contributed by atoms with E-state index >= 15 is 0 Å². The molecule has 2 aliphatic heterocycles. The van der Waals surface area contributed by atoms with Crippen LogP contribution in [0.1, 0.15) is 39.7 Å². The number of aromatic nitrogens is 4. The van der Waals surface area contributed by atoms with E-state index in [-0.39, 0.29) is 17.6 Å². The van der Waals surface area contributed by atoms with E-state index in [1.807, 2.05) is 47.5 Å². The zero-order valence-electron chi connectivity index (χ0n) is 19.8. The van der Waals surface area contributed by atoms with Gasteiger partial charge in [-0.1, -0.05) is 23.7 Å². The molecule has 4 heterocycles. The summed E-state index contributed by atoms with van der Waals surface area (Å²) in [4.78, 5) is 12.5. The van der Waals surface area contributed by atoms with Gasteiger partial charge in [0.1, 0.15) is 0 Å². The Bertz CT molecular complexity index is 1140. The van der Waals surface area contributed by atoms with Crippen molar-refractivity contribution in [1.29, 1.82) is 0 Å². The van der Waals surface area contributed by atoms with Crippen LogP contribution in [0.25, 0.3) is 11.3 Å². The number of ether oxygens (including phenoxy) is 1. The SMILES string of the molecule is CC(C)n1ccc(-c2cccc(Sc3ncc(N4CCC5(CC4)CO[C@@H](C)[C@@H]5N)cn3)c2Cl)n1. The zero-order chi connectivity index (χ0) is 23.9. The molecule has 7 nitrogen and oxygen atoms in total. The first-order valence-electron chi connectivity index (χ1n) is 11.8. The fraction of sp³-hybridized carbons (Fsp3) is 0.480. The maximum absolute atomic E-state index is 6.76. The van der Waals surface area contributed by atoms with Gasteiger partial charge in [-0.2, -0.15) is 5.10 Å². The van der Waals surface area contributed by atoms with Crippen molar-refractivity contribution in [3.8, 4) is 11.3 Å². The number of hydrogen-bond donors (Lipinski definition) is 1. The van der Waals surface area contributed by atoms with Gasteiger partial charge >= 0.3 is 0 Å². The molecule has 0 aliphatic carbocycles.